The first-order chi connectivity index (χ1) is 3.06. The van der Waals surface area contributed by atoms with Gasteiger partial charge in [-0.1, -0.05) is 0 Å². The first-order valence-corrected chi connectivity index (χ1v) is 1.96. The van der Waals surface area contributed by atoms with E-state index in [9.17, 15) is 4.79 Å². The zero-order chi connectivity index (χ0) is 5.91. The predicted octanol–water partition coefficient (Wildman–Crippen LogP) is -0.146. The summed E-state index contributed by atoms with van der Waals surface area (Å²) < 4.78 is 4.33. The second-order valence-corrected chi connectivity index (χ2v) is 1.82. The molecule has 0 saturated heterocycles. The van der Waals surface area contributed by atoms with Crippen molar-refractivity contribution >= 4 is 6.47 Å². The molecule has 7 heavy (non-hydrogen) atoms. The van der Waals surface area contributed by atoms with Crippen molar-refractivity contribution in [1.82, 2.24) is 0 Å². The SMILES string of the molecule is CC(C)(N)OC=O. The van der Waals surface area contributed by atoms with Crippen LogP contribution in [0, 0.1) is 0 Å². The maximum absolute atomic E-state index is 9.52. The maximum atomic E-state index is 9.52. The normalized spacial score (nSPS) is 10.7. The second kappa shape index (κ2) is 1.93. The molecule has 0 amide bonds. The fourth-order valence-electron chi connectivity index (χ4n) is 0.124. The minimum atomic E-state index is -0.818. The Labute approximate surface area is 42.4 Å². The van der Waals surface area contributed by atoms with Crippen molar-refractivity contribution in [1.29, 1.82) is 0 Å². The average Bonchev–Trinajstić information content (AvgIpc) is 1.30. The van der Waals surface area contributed by atoms with E-state index >= 15 is 0 Å². The summed E-state index contributed by atoms with van der Waals surface area (Å²) in [5, 5.41) is 0. The van der Waals surface area contributed by atoms with Crippen molar-refractivity contribution in [3.05, 3.63) is 0 Å². The Kier molecular flexibility index (Phi) is 1.77. The van der Waals surface area contributed by atoms with Gasteiger partial charge in [0.15, 0.2) is 5.72 Å². The molecule has 0 atom stereocenters. The van der Waals surface area contributed by atoms with Gasteiger partial charge >= 0.3 is 0 Å². The molecule has 0 radical (unpaired) electrons. The van der Waals surface area contributed by atoms with Crippen LogP contribution in [-0.2, 0) is 9.53 Å². The lowest BCUT2D eigenvalue weighted by Crippen LogP contribution is -2.34. The molecule has 0 aliphatic heterocycles. The Hall–Kier alpha value is -0.570. The molecule has 0 heterocycles. The molecule has 0 saturated carbocycles. The van der Waals surface area contributed by atoms with Crippen molar-refractivity contribution in [3.63, 3.8) is 0 Å². The minimum absolute atomic E-state index is 0.333. The fourth-order valence-corrected chi connectivity index (χ4v) is 0.124. The highest BCUT2D eigenvalue weighted by Crippen LogP contribution is 1.93. The third-order valence-corrected chi connectivity index (χ3v) is 0.352. The van der Waals surface area contributed by atoms with E-state index in [0.29, 0.717) is 6.47 Å². The molecule has 0 aromatic heterocycles. The van der Waals surface area contributed by atoms with Crippen molar-refractivity contribution < 1.29 is 9.53 Å². The number of rotatable bonds is 2. The zero-order valence-electron chi connectivity index (χ0n) is 4.47. The number of ether oxygens (including phenoxy) is 1. The van der Waals surface area contributed by atoms with Crippen molar-refractivity contribution in [3.8, 4) is 0 Å². The van der Waals surface area contributed by atoms with Gasteiger partial charge in [-0.05, 0) is 13.8 Å². The molecule has 0 bridgehead atoms. The standard InChI is InChI=1S/C4H9NO2/c1-4(2,5)7-3-6/h3H,5H2,1-2H3. The first-order valence-electron chi connectivity index (χ1n) is 1.96. The van der Waals surface area contributed by atoms with Crippen LogP contribution in [0.25, 0.3) is 0 Å². The van der Waals surface area contributed by atoms with Crippen molar-refractivity contribution in [2.45, 2.75) is 19.6 Å². The van der Waals surface area contributed by atoms with Gasteiger partial charge in [0.2, 0.25) is 0 Å². The monoisotopic (exact) mass is 103 g/mol. The van der Waals surface area contributed by atoms with E-state index in [4.69, 9.17) is 5.73 Å². The quantitative estimate of drug-likeness (QED) is 0.390. The Morgan fingerprint density at radius 3 is 2.14 bits per heavy atom. The molecule has 42 valence electrons. The summed E-state index contributed by atoms with van der Waals surface area (Å²) in [6, 6.07) is 0. The summed E-state index contributed by atoms with van der Waals surface area (Å²) in [5.74, 6) is 0. The third-order valence-electron chi connectivity index (χ3n) is 0.352. The van der Waals surface area contributed by atoms with Crippen LogP contribution in [-0.4, -0.2) is 12.2 Å². The van der Waals surface area contributed by atoms with Gasteiger partial charge in [0.25, 0.3) is 6.47 Å². The second-order valence-electron chi connectivity index (χ2n) is 1.82. The van der Waals surface area contributed by atoms with E-state index in [2.05, 4.69) is 4.74 Å². The summed E-state index contributed by atoms with van der Waals surface area (Å²) >= 11 is 0. The molecular weight excluding hydrogens is 94.0 g/mol. The number of carbonyl (C=O) groups is 1. The van der Waals surface area contributed by atoms with Crippen LogP contribution in [0.3, 0.4) is 0 Å². The van der Waals surface area contributed by atoms with Crippen molar-refractivity contribution in [2.24, 2.45) is 5.73 Å². The minimum Gasteiger partial charge on any atom is -0.447 e. The van der Waals surface area contributed by atoms with Gasteiger partial charge in [-0.2, -0.15) is 0 Å². The van der Waals surface area contributed by atoms with Crippen LogP contribution in [0.15, 0.2) is 0 Å². The van der Waals surface area contributed by atoms with E-state index in [1.165, 1.54) is 0 Å². The number of hydrogen-bond acceptors (Lipinski definition) is 3. The van der Waals surface area contributed by atoms with Crippen LogP contribution in [0.4, 0.5) is 0 Å². The third kappa shape index (κ3) is 5.43. The predicted molar refractivity (Wildman–Crippen MR) is 25.4 cm³/mol. The molecule has 3 heteroatoms. The van der Waals surface area contributed by atoms with E-state index in [-0.39, 0.29) is 0 Å². The molecule has 2 N–H and O–H groups in total. The summed E-state index contributed by atoms with van der Waals surface area (Å²) in [6.45, 7) is 3.53. The summed E-state index contributed by atoms with van der Waals surface area (Å²) in [6.07, 6.45) is 0. The fraction of sp³-hybridized carbons (Fsp3) is 0.750. The Bertz CT molecular complexity index is 64.6. The zero-order valence-corrected chi connectivity index (χ0v) is 4.47. The highest BCUT2D eigenvalue weighted by Gasteiger charge is 2.07. The molecule has 0 unspecified atom stereocenters. The summed E-state index contributed by atoms with van der Waals surface area (Å²) in [4.78, 5) is 9.52. The molecule has 0 aliphatic rings. The highest BCUT2D eigenvalue weighted by molar-refractivity contribution is 5.37. The van der Waals surface area contributed by atoms with E-state index in [1.807, 2.05) is 0 Å². The largest absolute Gasteiger partial charge is 0.447 e. The molecule has 3 nitrogen and oxygen atoms in total. The Morgan fingerprint density at radius 2 is 2.14 bits per heavy atom. The van der Waals surface area contributed by atoms with E-state index in [0.717, 1.165) is 0 Å². The van der Waals surface area contributed by atoms with Crippen molar-refractivity contribution in [2.75, 3.05) is 0 Å². The van der Waals surface area contributed by atoms with Gasteiger partial charge in [0.05, 0.1) is 0 Å². The lowest BCUT2D eigenvalue weighted by molar-refractivity contribution is -0.139. The molecule has 0 spiro atoms. The molecule has 0 rings (SSSR count). The molecule has 0 aliphatic carbocycles. The smallest absolute Gasteiger partial charge is 0.294 e. The van der Waals surface area contributed by atoms with Gasteiger partial charge in [-0.3, -0.25) is 10.5 Å². The van der Waals surface area contributed by atoms with Crippen LogP contribution in [0.1, 0.15) is 13.8 Å². The van der Waals surface area contributed by atoms with Crippen LogP contribution in [0.2, 0.25) is 0 Å². The Morgan fingerprint density at radius 1 is 1.71 bits per heavy atom. The van der Waals surface area contributed by atoms with Gasteiger partial charge in [-0.15, -0.1) is 0 Å². The average molecular weight is 103 g/mol. The summed E-state index contributed by atoms with van der Waals surface area (Å²) in [7, 11) is 0. The van der Waals surface area contributed by atoms with Gasteiger partial charge < -0.3 is 4.74 Å². The van der Waals surface area contributed by atoms with Crippen LogP contribution >= 0.6 is 0 Å². The van der Waals surface area contributed by atoms with Crippen LogP contribution < -0.4 is 5.73 Å². The van der Waals surface area contributed by atoms with Crippen LogP contribution in [0.5, 0.6) is 0 Å². The van der Waals surface area contributed by atoms with E-state index < -0.39 is 5.72 Å². The molecule has 0 aromatic rings. The van der Waals surface area contributed by atoms with Gasteiger partial charge in [0.1, 0.15) is 0 Å². The Balaban J connectivity index is 3.34. The number of hydrogen-bond donors (Lipinski definition) is 1. The number of carbonyl (C=O) groups excluding carboxylic acids is 1. The first kappa shape index (κ1) is 6.43. The van der Waals surface area contributed by atoms with Gasteiger partial charge in [-0.25, -0.2) is 0 Å². The lowest BCUT2D eigenvalue weighted by atomic mass is 10.3. The molecule has 0 fully saturated rings. The topological polar surface area (TPSA) is 52.3 Å². The maximum Gasteiger partial charge on any atom is 0.294 e. The summed E-state index contributed by atoms with van der Waals surface area (Å²) in [5.41, 5.74) is 4.37. The number of nitrogens with two attached hydrogens (primary N) is 1. The highest BCUT2D eigenvalue weighted by atomic mass is 16.5. The lowest BCUT2D eigenvalue weighted by Gasteiger charge is -2.14. The van der Waals surface area contributed by atoms with E-state index in [1.54, 1.807) is 13.8 Å². The molecule has 0 aromatic carbocycles. The molecular formula is C4H9NO2. The van der Waals surface area contributed by atoms with Gasteiger partial charge in [0, 0.05) is 0 Å².